The van der Waals surface area contributed by atoms with E-state index in [2.05, 4.69) is 29.1 Å². The molecule has 2 aromatic rings. The first-order chi connectivity index (χ1) is 10.1. The Kier molecular flexibility index (Phi) is 5.11. The zero-order valence-corrected chi connectivity index (χ0v) is 12.8. The lowest BCUT2D eigenvalue weighted by Gasteiger charge is -2.11. The van der Waals surface area contributed by atoms with Gasteiger partial charge in [-0.1, -0.05) is 13.8 Å². The van der Waals surface area contributed by atoms with Crippen molar-refractivity contribution in [1.29, 1.82) is 0 Å². The molecule has 0 aliphatic rings. The van der Waals surface area contributed by atoms with Crippen LogP contribution in [0.5, 0.6) is 5.75 Å². The van der Waals surface area contributed by atoms with Crippen molar-refractivity contribution in [2.45, 2.75) is 26.7 Å². The van der Waals surface area contributed by atoms with Gasteiger partial charge in [-0.2, -0.15) is 0 Å². The number of ether oxygens (including phenoxy) is 1. The molecule has 21 heavy (non-hydrogen) atoms. The fourth-order valence-electron chi connectivity index (χ4n) is 1.87. The fraction of sp³-hybridized carbons (Fsp3) is 0.375. The van der Waals surface area contributed by atoms with Crippen LogP contribution in [-0.4, -0.2) is 23.1 Å². The van der Waals surface area contributed by atoms with Gasteiger partial charge in [-0.25, -0.2) is 9.97 Å². The topological polar surface area (TPSA) is 73.1 Å². The van der Waals surface area contributed by atoms with E-state index >= 15 is 0 Å². The second-order valence-electron chi connectivity index (χ2n) is 5.19. The van der Waals surface area contributed by atoms with Crippen LogP contribution in [0.25, 0.3) is 0 Å². The number of anilines is 2. The first-order valence-corrected chi connectivity index (χ1v) is 7.14. The number of nitrogens with two attached hydrogens (primary N) is 1. The number of aryl methyl sites for hydroxylation is 1. The monoisotopic (exact) mass is 286 g/mol. The van der Waals surface area contributed by atoms with E-state index in [1.807, 2.05) is 37.3 Å². The number of benzene rings is 1. The minimum atomic E-state index is 0.303. The lowest BCUT2D eigenvalue weighted by atomic mass is 10.2. The summed E-state index contributed by atoms with van der Waals surface area (Å²) >= 11 is 0. The maximum absolute atomic E-state index is 5.45. The van der Waals surface area contributed by atoms with Crippen LogP contribution in [-0.2, 0) is 0 Å². The summed E-state index contributed by atoms with van der Waals surface area (Å²) in [6, 6.07) is 9.67. The Morgan fingerprint density at radius 3 is 2.52 bits per heavy atom. The lowest BCUT2D eigenvalue weighted by Crippen LogP contribution is -2.10. The van der Waals surface area contributed by atoms with E-state index in [4.69, 9.17) is 10.5 Å². The van der Waals surface area contributed by atoms with E-state index in [0.29, 0.717) is 19.1 Å². The lowest BCUT2D eigenvalue weighted by molar-refractivity contribution is 0.328. The molecule has 0 radical (unpaired) electrons. The maximum atomic E-state index is 5.45. The number of aromatic nitrogens is 2. The van der Waals surface area contributed by atoms with E-state index in [1.165, 1.54) is 0 Å². The molecule has 112 valence electrons. The van der Waals surface area contributed by atoms with Crippen LogP contribution in [0.2, 0.25) is 0 Å². The van der Waals surface area contributed by atoms with Gasteiger partial charge >= 0.3 is 0 Å². The van der Waals surface area contributed by atoms with Gasteiger partial charge in [-0.15, -0.1) is 0 Å². The van der Waals surface area contributed by atoms with Gasteiger partial charge in [0.25, 0.3) is 0 Å². The smallest absolute Gasteiger partial charge is 0.134 e. The van der Waals surface area contributed by atoms with Gasteiger partial charge in [0, 0.05) is 29.9 Å². The Morgan fingerprint density at radius 2 is 1.90 bits per heavy atom. The van der Waals surface area contributed by atoms with E-state index in [9.17, 15) is 0 Å². The van der Waals surface area contributed by atoms with Crippen LogP contribution in [0.1, 0.15) is 31.3 Å². The van der Waals surface area contributed by atoms with Crippen molar-refractivity contribution >= 4 is 11.5 Å². The molecule has 1 aromatic carbocycles. The number of rotatable bonds is 6. The molecule has 0 bridgehead atoms. The summed E-state index contributed by atoms with van der Waals surface area (Å²) in [7, 11) is 0. The van der Waals surface area contributed by atoms with E-state index in [0.717, 1.165) is 28.8 Å². The van der Waals surface area contributed by atoms with Crippen LogP contribution in [0, 0.1) is 6.92 Å². The third-order valence-electron chi connectivity index (χ3n) is 2.90. The summed E-state index contributed by atoms with van der Waals surface area (Å²) in [4.78, 5) is 8.97. The predicted molar refractivity (Wildman–Crippen MR) is 85.1 cm³/mol. The van der Waals surface area contributed by atoms with Crippen molar-refractivity contribution in [3.05, 3.63) is 41.9 Å². The molecule has 0 amide bonds. The standard InChI is InChI=1S/C16H22N4O/c1-11(2)16-18-12(3)10-15(20-16)19-13-4-6-14(7-5-13)21-9-8-17/h4-7,10-11H,8-9,17H2,1-3H3,(H,18,19,20). The fourth-order valence-corrected chi connectivity index (χ4v) is 1.87. The molecular weight excluding hydrogens is 264 g/mol. The van der Waals surface area contributed by atoms with Crippen molar-refractivity contribution in [2.75, 3.05) is 18.5 Å². The zero-order chi connectivity index (χ0) is 15.2. The van der Waals surface area contributed by atoms with Gasteiger partial charge < -0.3 is 15.8 Å². The van der Waals surface area contributed by atoms with Crippen LogP contribution < -0.4 is 15.8 Å². The molecule has 0 atom stereocenters. The highest BCUT2D eigenvalue weighted by atomic mass is 16.5. The molecule has 0 spiro atoms. The van der Waals surface area contributed by atoms with E-state index in [-0.39, 0.29) is 0 Å². The predicted octanol–water partition coefficient (Wildman–Crippen LogP) is 2.99. The van der Waals surface area contributed by atoms with Crippen molar-refractivity contribution in [2.24, 2.45) is 5.73 Å². The molecular formula is C16H22N4O. The molecule has 0 aliphatic carbocycles. The average molecular weight is 286 g/mol. The van der Waals surface area contributed by atoms with E-state index in [1.54, 1.807) is 0 Å². The first kappa shape index (κ1) is 15.3. The molecule has 1 aromatic heterocycles. The zero-order valence-electron chi connectivity index (χ0n) is 12.8. The molecule has 5 nitrogen and oxygen atoms in total. The Labute approximate surface area is 125 Å². The Morgan fingerprint density at radius 1 is 1.19 bits per heavy atom. The molecule has 3 N–H and O–H groups in total. The Hall–Kier alpha value is -2.14. The van der Waals surface area contributed by atoms with Crippen LogP contribution in [0.15, 0.2) is 30.3 Å². The highest BCUT2D eigenvalue weighted by Crippen LogP contribution is 2.20. The average Bonchev–Trinajstić information content (AvgIpc) is 2.46. The van der Waals surface area contributed by atoms with Gasteiger partial charge in [0.05, 0.1) is 0 Å². The van der Waals surface area contributed by atoms with Crippen molar-refractivity contribution in [1.82, 2.24) is 9.97 Å². The molecule has 0 aliphatic heterocycles. The molecule has 1 heterocycles. The Balaban J connectivity index is 2.10. The largest absolute Gasteiger partial charge is 0.492 e. The number of nitrogens with zero attached hydrogens (tertiary/aromatic N) is 2. The quantitative estimate of drug-likeness (QED) is 0.854. The van der Waals surface area contributed by atoms with Crippen molar-refractivity contribution in [3.8, 4) is 5.75 Å². The number of nitrogens with one attached hydrogen (secondary N) is 1. The SMILES string of the molecule is Cc1cc(Nc2ccc(OCCN)cc2)nc(C(C)C)n1. The third-order valence-corrected chi connectivity index (χ3v) is 2.90. The summed E-state index contributed by atoms with van der Waals surface area (Å²) in [5.74, 6) is 2.77. The number of hydrogen-bond acceptors (Lipinski definition) is 5. The molecule has 0 saturated heterocycles. The summed E-state index contributed by atoms with van der Waals surface area (Å²) in [6.07, 6.45) is 0. The van der Waals surface area contributed by atoms with Crippen LogP contribution >= 0.6 is 0 Å². The van der Waals surface area contributed by atoms with Gasteiger partial charge in [-0.05, 0) is 31.2 Å². The summed E-state index contributed by atoms with van der Waals surface area (Å²) in [5, 5.41) is 3.29. The molecule has 0 fully saturated rings. The second-order valence-corrected chi connectivity index (χ2v) is 5.19. The third kappa shape index (κ3) is 4.43. The van der Waals surface area contributed by atoms with Crippen LogP contribution in [0.3, 0.4) is 0 Å². The summed E-state index contributed by atoms with van der Waals surface area (Å²) in [6.45, 7) is 7.18. The summed E-state index contributed by atoms with van der Waals surface area (Å²) in [5.41, 5.74) is 7.33. The minimum absolute atomic E-state index is 0.303. The highest BCUT2D eigenvalue weighted by Gasteiger charge is 2.06. The van der Waals surface area contributed by atoms with Crippen LogP contribution in [0.4, 0.5) is 11.5 Å². The van der Waals surface area contributed by atoms with Crippen molar-refractivity contribution < 1.29 is 4.74 Å². The number of hydrogen-bond donors (Lipinski definition) is 2. The maximum Gasteiger partial charge on any atom is 0.134 e. The van der Waals surface area contributed by atoms with E-state index < -0.39 is 0 Å². The van der Waals surface area contributed by atoms with Crippen molar-refractivity contribution in [3.63, 3.8) is 0 Å². The van der Waals surface area contributed by atoms with Gasteiger partial charge in [0.1, 0.15) is 24.0 Å². The van der Waals surface area contributed by atoms with Gasteiger partial charge in [0.2, 0.25) is 0 Å². The second kappa shape index (κ2) is 7.04. The molecule has 2 rings (SSSR count). The molecule has 0 unspecified atom stereocenters. The first-order valence-electron chi connectivity index (χ1n) is 7.14. The highest BCUT2D eigenvalue weighted by molar-refractivity contribution is 5.57. The van der Waals surface area contributed by atoms with Gasteiger partial charge in [-0.3, -0.25) is 0 Å². The minimum Gasteiger partial charge on any atom is -0.492 e. The molecule has 0 saturated carbocycles. The molecule has 5 heteroatoms. The Bertz CT molecular complexity index is 581. The normalized spacial score (nSPS) is 10.7. The summed E-state index contributed by atoms with van der Waals surface area (Å²) < 4.78 is 5.45. The van der Waals surface area contributed by atoms with Gasteiger partial charge in [0.15, 0.2) is 0 Å².